The number of nitrogens with zero attached hydrogens (tertiary/aromatic N) is 3. The summed E-state index contributed by atoms with van der Waals surface area (Å²) in [5.41, 5.74) is 0. The molecule has 1 aliphatic heterocycles. The minimum Gasteiger partial charge on any atom is -0.338 e. The standard InChI is InChI=1S/C10H16N4OS/c1-14(8-3-2-5-11-6-4-8)10(15)9-7-12-13-16-9/h7-8,11H,2-6H2,1H3. The zero-order chi connectivity index (χ0) is 11.4. The number of hydrogen-bond acceptors (Lipinski definition) is 5. The van der Waals surface area contributed by atoms with Gasteiger partial charge in [0.05, 0.1) is 6.20 Å². The molecule has 1 unspecified atom stereocenters. The van der Waals surface area contributed by atoms with Crippen molar-refractivity contribution in [2.45, 2.75) is 25.3 Å². The van der Waals surface area contributed by atoms with E-state index in [9.17, 15) is 4.79 Å². The van der Waals surface area contributed by atoms with Crippen LogP contribution in [0.5, 0.6) is 0 Å². The second kappa shape index (κ2) is 5.36. The van der Waals surface area contributed by atoms with Crippen molar-refractivity contribution < 1.29 is 4.79 Å². The summed E-state index contributed by atoms with van der Waals surface area (Å²) in [5.74, 6) is 0.0434. The molecule has 1 aromatic heterocycles. The Balaban J connectivity index is 2.00. The monoisotopic (exact) mass is 240 g/mol. The Kier molecular flexibility index (Phi) is 3.84. The van der Waals surface area contributed by atoms with Crippen LogP contribution in [0.1, 0.15) is 28.9 Å². The highest BCUT2D eigenvalue weighted by Gasteiger charge is 2.23. The Bertz CT molecular complexity index is 333. The number of hydrogen-bond donors (Lipinski definition) is 1. The highest BCUT2D eigenvalue weighted by Crippen LogP contribution is 2.15. The zero-order valence-electron chi connectivity index (χ0n) is 9.35. The average Bonchev–Trinajstić information content (AvgIpc) is 2.70. The first kappa shape index (κ1) is 11.5. The summed E-state index contributed by atoms with van der Waals surface area (Å²) < 4.78 is 3.72. The van der Waals surface area contributed by atoms with Crippen molar-refractivity contribution >= 4 is 17.4 Å². The van der Waals surface area contributed by atoms with Crippen LogP contribution in [0.4, 0.5) is 0 Å². The lowest BCUT2D eigenvalue weighted by Crippen LogP contribution is -2.37. The maximum atomic E-state index is 12.1. The molecule has 1 saturated heterocycles. The van der Waals surface area contributed by atoms with E-state index < -0.39 is 0 Å². The zero-order valence-corrected chi connectivity index (χ0v) is 10.2. The van der Waals surface area contributed by atoms with Gasteiger partial charge in [-0.3, -0.25) is 4.79 Å². The molecule has 1 amide bonds. The van der Waals surface area contributed by atoms with Gasteiger partial charge in [-0.25, -0.2) is 0 Å². The molecule has 0 radical (unpaired) electrons. The van der Waals surface area contributed by atoms with Gasteiger partial charge in [-0.2, -0.15) is 0 Å². The first-order chi connectivity index (χ1) is 7.79. The predicted molar refractivity (Wildman–Crippen MR) is 62.5 cm³/mol. The van der Waals surface area contributed by atoms with E-state index in [0.717, 1.165) is 43.9 Å². The summed E-state index contributed by atoms with van der Waals surface area (Å²) in [6, 6.07) is 0.338. The van der Waals surface area contributed by atoms with Gasteiger partial charge in [-0.05, 0) is 43.9 Å². The molecule has 1 aliphatic rings. The third-order valence-corrected chi connectivity index (χ3v) is 3.64. The normalized spacial score (nSPS) is 21.4. The van der Waals surface area contributed by atoms with Crippen molar-refractivity contribution in [2.75, 3.05) is 20.1 Å². The fraction of sp³-hybridized carbons (Fsp3) is 0.700. The Morgan fingerprint density at radius 1 is 1.56 bits per heavy atom. The number of carbonyl (C=O) groups excluding carboxylic acids is 1. The lowest BCUT2D eigenvalue weighted by atomic mass is 10.1. The minimum atomic E-state index is 0.0434. The SMILES string of the molecule is CN(C(=O)c1cnns1)C1CCCNCC1. The van der Waals surface area contributed by atoms with Gasteiger partial charge >= 0.3 is 0 Å². The van der Waals surface area contributed by atoms with Crippen molar-refractivity contribution in [3.05, 3.63) is 11.1 Å². The number of rotatable bonds is 2. The van der Waals surface area contributed by atoms with Gasteiger partial charge in [0.15, 0.2) is 0 Å². The van der Waals surface area contributed by atoms with E-state index in [0.29, 0.717) is 10.9 Å². The van der Waals surface area contributed by atoms with Gasteiger partial charge in [-0.15, -0.1) is 5.10 Å². The number of carbonyl (C=O) groups is 1. The molecule has 88 valence electrons. The molecule has 2 rings (SSSR count). The van der Waals surface area contributed by atoms with Crippen LogP contribution in [-0.2, 0) is 0 Å². The fourth-order valence-electron chi connectivity index (χ4n) is 1.99. The van der Waals surface area contributed by atoms with Gasteiger partial charge in [0.2, 0.25) is 0 Å². The molecule has 1 N–H and O–H groups in total. The molecule has 0 saturated carbocycles. The Morgan fingerprint density at radius 2 is 2.44 bits per heavy atom. The number of nitrogens with one attached hydrogen (secondary N) is 1. The molecule has 0 aromatic carbocycles. The topological polar surface area (TPSA) is 58.1 Å². The first-order valence-electron chi connectivity index (χ1n) is 5.54. The molecule has 2 heterocycles. The largest absolute Gasteiger partial charge is 0.338 e. The van der Waals surface area contributed by atoms with E-state index in [4.69, 9.17) is 0 Å². The van der Waals surface area contributed by atoms with Gasteiger partial charge in [0.25, 0.3) is 5.91 Å². The summed E-state index contributed by atoms with van der Waals surface area (Å²) in [4.78, 5) is 14.5. The molecule has 1 fully saturated rings. The van der Waals surface area contributed by atoms with Crippen molar-refractivity contribution in [3.63, 3.8) is 0 Å². The van der Waals surface area contributed by atoms with Gasteiger partial charge < -0.3 is 10.2 Å². The third-order valence-electron chi connectivity index (χ3n) is 2.99. The lowest BCUT2D eigenvalue weighted by Gasteiger charge is -2.26. The predicted octanol–water partition coefficient (Wildman–Crippen LogP) is 0.752. The Hall–Kier alpha value is -1.01. The highest BCUT2D eigenvalue weighted by atomic mass is 32.1. The second-order valence-corrected chi connectivity index (χ2v) is 4.82. The molecular formula is C10H16N4OS. The minimum absolute atomic E-state index is 0.0434. The molecule has 0 spiro atoms. The summed E-state index contributed by atoms with van der Waals surface area (Å²) in [5, 5.41) is 7.04. The summed E-state index contributed by atoms with van der Waals surface area (Å²) in [7, 11) is 1.87. The summed E-state index contributed by atoms with van der Waals surface area (Å²) in [6.45, 7) is 2.05. The molecule has 0 bridgehead atoms. The maximum absolute atomic E-state index is 12.1. The third kappa shape index (κ3) is 2.56. The lowest BCUT2D eigenvalue weighted by molar-refractivity contribution is 0.0725. The molecule has 0 aliphatic carbocycles. The van der Waals surface area contributed by atoms with Crippen LogP contribution in [-0.4, -0.2) is 46.6 Å². The van der Waals surface area contributed by atoms with E-state index in [2.05, 4.69) is 14.9 Å². The van der Waals surface area contributed by atoms with Crippen LogP contribution < -0.4 is 5.32 Å². The Morgan fingerprint density at radius 3 is 3.19 bits per heavy atom. The van der Waals surface area contributed by atoms with Crippen LogP contribution in [0.25, 0.3) is 0 Å². The highest BCUT2D eigenvalue weighted by molar-refractivity contribution is 7.07. The quantitative estimate of drug-likeness (QED) is 0.829. The van der Waals surface area contributed by atoms with Crippen LogP contribution in [0.15, 0.2) is 6.20 Å². The molecule has 6 heteroatoms. The van der Waals surface area contributed by atoms with E-state index >= 15 is 0 Å². The molecule has 5 nitrogen and oxygen atoms in total. The fourth-order valence-corrected chi connectivity index (χ4v) is 2.49. The first-order valence-corrected chi connectivity index (χ1v) is 6.31. The van der Waals surface area contributed by atoms with Gasteiger partial charge in [0, 0.05) is 13.1 Å². The van der Waals surface area contributed by atoms with Crippen molar-refractivity contribution in [2.24, 2.45) is 0 Å². The van der Waals surface area contributed by atoms with Crippen LogP contribution >= 0.6 is 11.5 Å². The number of amides is 1. The van der Waals surface area contributed by atoms with Crippen molar-refractivity contribution in [3.8, 4) is 0 Å². The van der Waals surface area contributed by atoms with E-state index in [1.807, 2.05) is 11.9 Å². The Labute approximate surface area is 99.0 Å². The van der Waals surface area contributed by atoms with Crippen LogP contribution in [0, 0.1) is 0 Å². The van der Waals surface area contributed by atoms with Crippen molar-refractivity contribution in [1.82, 2.24) is 19.8 Å². The number of aromatic nitrogens is 2. The molecule has 1 aromatic rings. The smallest absolute Gasteiger partial charge is 0.267 e. The van der Waals surface area contributed by atoms with E-state index in [1.165, 1.54) is 0 Å². The van der Waals surface area contributed by atoms with E-state index in [-0.39, 0.29) is 5.91 Å². The van der Waals surface area contributed by atoms with E-state index in [1.54, 1.807) is 6.20 Å². The molecular weight excluding hydrogens is 224 g/mol. The average molecular weight is 240 g/mol. The van der Waals surface area contributed by atoms with Gasteiger partial charge in [0.1, 0.15) is 4.88 Å². The van der Waals surface area contributed by atoms with Gasteiger partial charge in [-0.1, -0.05) is 4.49 Å². The maximum Gasteiger partial charge on any atom is 0.267 e. The molecule has 1 atom stereocenters. The van der Waals surface area contributed by atoms with Crippen LogP contribution in [0.3, 0.4) is 0 Å². The summed E-state index contributed by atoms with van der Waals surface area (Å²) >= 11 is 1.16. The molecule has 16 heavy (non-hydrogen) atoms. The van der Waals surface area contributed by atoms with Crippen LogP contribution in [0.2, 0.25) is 0 Å². The van der Waals surface area contributed by atoms with Crippen molar-refractivity contribution in [1.29, 1.82) is 0 Å². The summed E-state index contributed by atoms with van der Waals surface area (Å²) in [6.07, 6.45) is 4.76. The second-order valence-electron chi connectivity index (χ2n) is 4.03.